The second kappa shape index (κ2) is 7.29. The molecule has 4 rings (SSSR count). The number of rotatable bonds is 3. The summed E-state index contributed by atoms with van der Waals surface area (Å²) in [6.07, 6.45) is 0. The standard InChI is InChI=1S/C22H20N4O2/c1-24-11-13-25(14-12-24)20-19(17-5-3-2-4-6-17)21(27)26(22(20)28)18-9-7-16(15-23)8-10-18/h2-10H,11-14H2,1H3. The van der Waals surface area contributed by atoms with Gasteiger partial charge in [-0.1, -0.05) is 30.3 Å². The number of anilines is 1. The van der Waals surface area contributed by atoms with Gasteiger partial charge in [0.15, 0.2) is 0 Å². The van der Waals surface area contributed by atoms with Crippen LogP contribution in [0.25, 0.3) is 5.57 Å². The molecule has 2 heterocycles. The van der Waals surface area contributed by atoms with Gasteiger partial charge in [-0.2, -0.15) is 5.26 Å². The predicted molar refractivity (Wildman–Crippen MR) is 106 cm³/mol. The second-order valence-electron chi connectivity index (χ2n) is 6.98. The van der Waals surface area contributed by atoms with Crippen molar-refractivity contribution in [2.75, 3.05) is 38.1 Å². The van der Waals surface area contributed by atoms with Gasteiger partial charge in [-0.25, -0.2) is 4.90 Å². The molecule has 2 aromatic carbocycles. The maximum absolute atomic E-state index is 13.4. The lowest BCUT2D eigenvalue weighted by Gasteiger charge is -2.34. The van der Waals surface area contributed by atoms with Gasteiger partial charge < -0.3 is 9.80 Å². The van der Waals surface area contributed by atoms with E-state index in [1.807, 2.05) is 35.2 Å². The highest BCUT2D eigenvalue weighted by Crippen LogP contribution is 2.35. The van der Waals surface area contributed by atoms with Crippen molar-refractivity contribution in [1.82, 2.24) is 9.80 Å². The molecule has 1 saturated heterocycles. The van der Waals surface area contributed by atoms with Crippen LogP contribution in [0.5, 0.6) is 0 Å². The lowest BCUT2D eigenvalue weighted by molar-refractivity contribution is -0.120. The Morgan fingerprint density at radius 1 is 0.857 bits per heavy atom. The number of carbonyl (C=O) groups is 2. The first-order chi connectivity index (χ1) is 13.6. The molecule has 0 spiro atoms. The third-order valence-electron chi connectivity index (χ3n) is 5.20. The van der Waals surface area contributed by atoms with E-state index in [0.717, 1.165) is 18.7 Å². The molecule has 0 saturated carbocycles. The molecule has 0 atom stereocenters. The largest absolute Gasteiger partial charge is 0.364 e. The summed E-state index contributed by atoms with van der Waals surface area (Å²) in [6.45, 7) is 3.07. The zero-order chi connectivity index (χ0) is 19.7. The topological polar surface area (TPSA) is 67.7 Å². The minimum absolute atomic E-state index is 0.307. The predicted octanol–water partition coefficient (Wildman–Crippen LogP) is 2.09. The van der Waals surface area contributed by atoms with Crippen molar-refractivity contribution < 1.29 is 9.59 Å². The van der Waals surface area contributed by atoms with Gasteiger partial charge in [-0.15, -0.1) is 0 Å². The van der Waals surface area contributed by atoms with Gasteiger partial charge in [0.25, 0.3) is 11.8 Å². The smallest absolute Gasteiger partial charge is 0.282 e. The zero-order valence-electron chi connectivity index (χ0n) is 15.6. The number of benzene rings is 2. The van der Waals surface area contributed by atoms with Gasteiger partial charge in [0.05, 0.1) is 22.9 Å². The van der Waals surface area contributed by atoms with E-state index in [0.29, 0.717) is 35.6 Å². The Morgan fingerprint density at radius 3 is 2.11 bits per heavy atom. The van der Waals surface area contributed by atoms with Crippen LogP contribution in [0.1, 0.15) is 11.1 Å². The maximum Gasteiger partial charge on any atom is 0.282 e. The molecule has 2 aromatic rings. The number of hydrogen-bond donors (Lipinski definition) is 0. The Bertz CT molecular complexity index is 981. The number of hydrogen-bond acceptors (Lipinski definition) is 5. The molecule has 28 heavy (non-hydrogen) atoms. The van der Waals surface area contributed by atoms with Crippen LogP contribution in [0.15, 0.2) is 60.3 Å². The van der Waals surface area contributed by atoms with Crippen LogP contribution in [-0.2, 0) is 9.59 Å². The number of piperazine rings is 1. The molecule has 0 radical (unpaired) electrons. The summed E-state index contributed by atoms with van der Waals surface area (Å²) < 4.78 is 0. The van der Waals surface area contributed by atoms with Gasteiger partial charge in [0, 0.05) is 26.2 Å². The molecular weight excluding hydrogens is 352 g/mol. The summed E-state index contributed by atoms with van der Waals surface area (Å²) in [7, 11) is 2.05. The van der Waals surface area contributed by atoms with Crippen LogP contribution in [-0.4, -0.2) is 54.8 Å². The molecule has 1 fully saturated rings. The van der Waals surface area contributed by atoms with Crippen LogP contribution in [0.4, 0.5) is 5.69 Å². The first kappa shape index (κ1) is 18.0. The van der Waals surface area contributed by atoms with E-state index in [1.54, 1.807) is 24.3 Å². The average molecular weight is 372 g/mol. The number of amides is 2. The molecule has 0 aromatic heterocycles. The monoisotopic (exact) mass is 372 g/mol. The van der Waals surface area contributed by atoms with Crippen molar-refractivity contribution in [3.05, 3.63) is 71.4 Å². The lowest BCUT2D eigenvalue weighted by atomic mass is 10.0. The van der Waals surface area contributed by atoms with Crippen molar-refractivity contribution in [3.8, 4) is 6.07 Å². The van der Waals surface area contributed by atoms with Gasteiger partial charge in [0.2, 0.25) is 0 Å². The summed E-state index contributed by atoms with van der Waals surface area (Å²) in [5.74, 6) is -0.632. The maximum atomic E-state index is 13.4. The molecule has 2 aliphatic rings. The van der Waals surface area contributed by atoms with Crippen molar-refractivity contribution in [2.24, 2.45) is 0 Å². The van der Waals surface area contributed by atoms with Crippen LogP contribution in [0.2, 0.25) is 0 Å². The quantitative estimate of drug-likeness (QED) is 0.772. The van der Waals surface area contributed by atoms with Gasteiger partial charge >= 0.3 is 0 Å². The SMILES string of the molecule is CN1CCN(C2=C(c3ccccc3)C(=O)N(c3ccc(C#N)cc3)C2=O)CC1. The Kier molecular flexibility index (Phi) is 4.68. The van der Waals surface area contributed by atoms with E-state index in [1.165, 1.54) is 4.90 Å². The highest BCUT2D eigenvalue weighted by molar-refractivity contribution is 6.45. The Hall–Kier alpha value is -3.43. The van der Waals surface area contributed by atoms with Crippen LogP contribution < -0.4 is 4.90 Å². The Morgan fingerprint density at radius 2 is 1.50 bits per heavy atom. The number of imide groups is 1. The molecule has 0 N–H and O–H groups in total. The van der Waals surface area contributed by atoms with E-state index in [2.05, 4.69) is 18.0 Å². The summed E-state index contributed by atoms with van der Waals surface area (Å²) in [5.41, 5.74) is 2.61. The molecule has 0 aliphatic carbocycles. The Balaban J connectivity index is 1.78. The number of likely N-dealkylation sites (N-methyl/N-ethyl adjacent to an activating group) is 1. The molecule has 140 valence electrons. The summed E-state index contributed by atoms with van der Waals surface area (Å²) in [4.78, 5) is 32.1. The molecule has 6 heteroatoms. The molecule has 2 aliphatic heterocycles. The van der Waals surface area contributed by atoms with Gasteiger partial charge in [0.1, 0.15) is 5.70 Å². The van der Waals surface area contributed by atoms with E-state index in [-0.39, 0.29) is 11.8 Å². The minimum atomic E-state index is -0.324. The molecule has 6 nitrogen and oxygen atoms in total. The van der Waals surface area contributed by atoms with Gasteiger partial charge in [-0.3, -0.25) is 9.59 Å². The third kappa shape index (κ3) is 3.06. The van der Waals surface area contributed by atoms with Crippen molar-refractivity contribution in [1.29, 1.82) is 5.26 Å². The average Bonchev–Trinajstić information content (AvgIpc) is 2.99. The van der Waals surface area contributed by atoms with Crippen LogP contribution in [0.3, 0.4) is 0 Å². The first-order valence-corrected chi connectivity index (χ1v) is 9.22. The molecular formula is C22H20N4O2. The lowest BCUT2D eigenvalue weighted by Crippen LogP contribution is -2.46. The second-order valence-corrected chi connectivity index (χ2v) is 6.98. The van der Waals surface area contributed by atoms with Crippen molar-refractivity contribution in [3.63, 3.8) is 0 Å². The van der Waals surface area contributed by atoms with Crippen molar-refractivity contribution >= 4 is 23.1 Å². The van der Waals surface area contributed by atoms with Crippen molar-refractivity contribution in [2.45, 2.75) is 0 Å². The van der Waals surface area contributed by atoms with E-state index >= 15 is 0 Å². The van der Waals surface area contributed by atoms with E-state index < -0.39 is 0 Å². The first-order valence-electron chi connectivity index (χ1n) is 9.22. The molecule has 2 amide bonds. The number of nitrogens with zero attached hydrogens (tertiary/aromatic N) is 4. The summed E-state index contributed by atoms with van der Waals surface area (Å²) in [6, 6.07) is 17.9. The minimum Gasteiger partial charge on any atom is -0.364 e. The summed E-state index contributed by atoms with van der Waals surface area (Å²) >= 11 is 0. The highest BCUT2D eigenvalue weighted by atomic mass is 16.2. The van der Waals surface area contributed by atoms with Crippen LogP contribution in [0, 0.1) is 11.3 Å². The Labute approximate surface area is 163 Å². The fourth-order valence-corrected chi connectivity index (χ4v) is 3.63. The van der Waals surface area contributed by atoms with Crippen LogP contribution >= 0.6 is 0 Å². The number of carbonyl (C=O) groups excluding carboxylic acids is 2. The zero-order valence-corrected chi connectivity index (χ0v) is 15.6. The number of nitriles is 1. The molecule has 0 bridgehead atoms. The highest BCUT2D eigenvalue weighted by Gasteiger charge is 2.42. The summed E-state index contributed by atoms with van der Waals surface area (Å²) in [5, 5.41) is 9.01. The van der Waals surface area contributed by atoms with Gasteiger partial charge in [-0.05, 0) is 36.9 Å². The molecule has 0 unspecified atom stereocenters. The normalized spacial score (nSPS) is 18.0. The fourth-order valence-electron chi connectivity index (χ4n) is 3.63. The van der Waals surface area contributed by atoms with E-state index in [4.69, 9.17) is 5.26 Å². The third-order valence-corrected chi connectivity index (χ3v) is 5.20. The fraction of sp³-hybridized carbons (Fsp3) is 0.227. The van der Waals surface area contributed by atoms with E-state index in [9.17, 15) is 9.59 Å².